The number of carbonyl (C=O) groups excluding carboxylic acids is 1. The molecule has 0 aromatic heterocycles. The van der Waals surface area contributed by atoms with Crippen molar-refractivity contribution in [3.05, 3.63) is 24.8 Å². The number of rotatable bonds is 3. The lowest BCUT2D eigenvalue weighted by Gasteiger charge is -2.25. The molecule has 4 unspecified atom stereocenters. The maximum Gasteiger partial charge on any atom is 0.333 e. The van der Waals surface area contributed by atoms with Crippen LogP contribution in [0.2, 0.25) is 0 Å². The number of esters is 1. The third-order valence-electron chi connectivity index (χ3n) is 3.76. The summed E-state index contributed by atoms with van der Waals surface area (Å²) in [6, 6.07) is 0. The van der Waals surface area contributed by atoms with E-state index in [1.807, 2.05) is 0 Å². The molecule has 0 heterocycles. The van der Waals surface area contributed by atoms with E-state index in [1.54, 1.807) is 6.92 Å². The lowest BCUT2D eigenvalue weighted by Crippen LogP contribution is -2.26. The van der Waals surface area contributed by atoms with Crippen molar-refractivity contribution < 1.29 is 9.53 Å². The van der Waals surface area contributed by atoms with Gasteiger partial charge in [-0.1, -0.05) is 12.7 Å². The van der Waals surface area contributed by atoms with E-state index < -0.39 is 0 Å². The molecule has 0 radical (unpaired) electrons. The smallest absolute Gasteiger partial charge is 0.333 e. The second-order valence-electron chi connectivity index (χ2n) is 4.85. The van der Waals surface area contributed by atoms with Gasteiger partial charge in [0.2, 0.25) is 0 Å². The summed E-state index contributed by atoms with van der Waals surface area (Å²) in [5, 5.41) is 0. The topological polar surface area (TPSA) is 26.3 Å². The van der Waals surface area contributed by atoms with Gasteiger partial charge in [-0.2, -0.15) is 0 Å². The lowest BCUT2D eigenvalue weighted by molar-refractivity contribution is -0.146. The van der Waals surface area contributed by atoms with Gasteiger partial charge in [0.05, 0.1) is 0 Å². The number of ether oxygens (including phenoxy) is 1. The molecular weight excluding hydrogens is 188 g/mol. The van der Waals surface area contributed by atoms with E-state index in [-0.39, 0.29) is 12.1 Å². The molecule has 82 valence electrons. The van der Waals surface area contributed by atoms with Gasteiger partial charge < -0.3 is 4.74 Å². The third kappa shape index (κ3) is 1.85. The molecule has 2 saturated carbocycles. The van der Waals surface area contributed by atoms with Gasteiger partial charge in [-0.3, -0.25) is 0 Å². The van der Waals surface area contributed by atoms with Gasteiger partial charge in [-0.05, 0) is 43.9 Å². The molecule has 2 rings (SSSR count). The van der Waals surface area contributed by atoms with Crippen LogP contribution in [0.15, 0.2) is 24.8 Å². The van der Waals surface area contributed by atoms with Crippen molar-refractivity contribution in [1.29, 1.82) is 0 Å². The van der Waals surface area contributed by atoms with Gasteiger partial charge in [0.15, 0.2) is 0 Å². The second-order valence-corrected chi connectivity index (χ2v) is 4.85. The highest BCUT2D eigenvalue weighted by molar-refractivity contribution is 5.87. The van der Waals surface area contributed by atoms with E-state index in [0.717, 1.165) is 12.8 Å². The lowest BCUT2D eigenvalue weighted by atomic mass is 9.87. The van der Waals surface area contributed by atoms with Crippen LogP contribution in [0.25, 0.3) is 0 Å². The Morgan fingerprint density at radius 3 is 2.53 bits per heavy atom. The van der Waals surface area contributed by atoms with Gasteiger partial charge in [-0.15, -0.1) is 6.58 Å². The minimum absolute atomic E-state index is 0.135. The summed E-state index contributed by atoms with van der Waals surface area (Å²) in [5.74, 6) is 1.66. The fraction of sp³-hybridized carbons (Fsp3) is 0.615. The SMILES string of the molecule is C=CC1CC2CC1CC2OC(=O)C(=C)C. The highest BCUT2D eigenvalue weighted by Gasteiger charge is 2.46. The zero-order chi connectivity index (χ0) is 11.0. The van der Waals surface area contributed by atoms with Gasteiger partial charge in [-0.25, -0.2) is 4.79 Å². The predicted molar refractivity (Wildman–Crippen MR) is 59.2 cm³/mol. The molecule has 4 atom stereocenters. The molecule has 0 aromatic rings. The quantitative estimate of drug-likeness (QED) is 0.403. The molecule has 2 nitrogen and oxygen atoms in total. The average Bonchev–Trinajstić information content (AvgIpc) is 2.75. The van der Waals surface area contributed by atoms with Crippen molar-refractivity contribution >= 4 is 5.97 Å². The fourth-order valence-electron chi connectivity index (χ4n) is 2.94. The Labute approximate surface area is 91.0 Å². The number of hydrogen-bond donors (Lipinski definition) is 0. The second kappa shape index (κ2) is 3.84. The van der Waals surface area contributed by atoms with E-state index in [2.05, 4.69) is 19.2 Å². The Hall–Kier alpha value is -1.05. The summed E-state index contributed by atoms with van der Waals surface area (Å²) < 4.78 is 5.43. The van der Waals surface area contributed by atoms with Crippen molar-refractivity contribution in [1.82, 2.24) is 0 Å². The van der Waals surface area contributed by atoms with Crippen molar-refractivity contribution in [3.63, 3.8) is 0 Å². The van der Waals surface area contributed by atoms with Crippen LogP contribution in [0.1, 0.15) is 26.2 Å². The van der Waals surface area contributed by atoms with Crippen LogP contribution < -0.4 is 0 Å². The summed E-state index contributed by atoms with van der Waals surface area (Å²) in [6.07, 6.45) is 5.55. The van der Waals surface area contributed by atoms with E-state index >= 15 is 0 Å². The van der Waals surface area contributed by atoms with E-state index in [1.165, 1.54) is 6.42 Å². The number of carbonyl (C=O) groups is 1. The largest absolute Gasteiger partial charge is 0.459 e. The van der Waals surface area contributed by atoms with Crippen LogP contribution in [0.3, 0.4) is 0 Å². The minimum atomic E-state index is -0.234. The first-order valence-corrected chi connectivity index (χ1v) is 5.61. The van der Waals surface area contributed by atoms with Crippen LogP contribution in [-0.4, -0.2) is 12.1 Å². The first-order chi connectivity index (χ1) is 7.11. The monoisotopic (exact) mass is 206 g/mol. The Balaban J connectivity index is 1.92. The first kappa shape index (κ1) is 10.5. The fourth-order valence-corrected chi connectivity index (χ4v) is 2.94. The van der Waals surface area contributed by atoms with Crippen molar-refractivity contribution in [3.8, 4) is 0 Å². The molecule has 0 spiro atoms. The number of allylic oxidation sites excluding steroid dienone is 1. The highest BCUT2D eigenvalue weighted by atomic mass is 16.5. The summed E-state index contributed by atoms with van der Waals surface area (Å²) in [5.41, 5.74) is 0.498. The maximum absolute atomic E-state index is 11.4. The Morgan fingerprint density at radius 2 is 2.07 bits per heavy atom. The van der Waals surface area contributed by atoms with Crippen LogP contribution in [-0.2, 0) is 9.53 Å². The van der Waals surface area contributed by atoms with Crippen LogP contribution in [0, 0.1) is 17.8 Å². The molecule has 0 aromatic carbocycles. The molecule has 2 heteroatoms. The molecule has 15 heavy (non-hydrogen) atoms. The molecule has 2 aliphatic rings. The zero-order valence-corrected chi connectivity index (χ0v) is 9.24. The predicted octanol–water partition coefficient (Wildman–Crippen LogP) is 2.71. The van der Waals surface area contributed by atoms with Crippen molar-refractivity contribution in [2.75, 3.05) is 0 Å². The molecule has 2 bridgehead atoms. The molecular formula is C13H18O2. The molecule has 0 aliphatic heterocycles. The van der Waals surface area contributed by atoms with Crippen LogP contribution in [0.4, 0.5) is 0 Å². The van der Waals surface area contributed by atoms with E-state index in [4.69, 9.17) is 4.74 Å². The van der Waals surface area contributed by atoms with E-state index in [0.29, 0.717) is 23.3 Å². The summed E-state index contributed by atoms with van der Waals surface area (Å²) in [6.45, 7) is 9.15. The Kier molecular flexibility index (Phi) is 2.68. The Morgan fingerprint density at radius 1 is 1.33 bits per heavy atom. The Bertz CT molecular complexity index is 306. The molecule has 0 N–H and O–H groups in total. The standard InChI is InChI=1S/C13H18O2/c1-4-9-5-11-6-10(9)7-12(11)15-13(14)8(2)3/h4,9-12H,1-2,5-7H2,3H3. The number of hydrogen-bond acceptors (Lipinski definition) is 2. The van der Waals surface area contributed by atoms with Crippen LogP contribution in [0.5, 0.6) is 0 Å². The van der Waals surface area contributed by atoms with Crippen molar-refractivity contribution in [2.45, 2.75) is 32.3 Å². The van der Waals surface area contributed by atoms with Gasteiger partial charge >= 0.3 is 5.97 Å². The molecule has 0 amide bonds. The third-order valence-corrected chi connectivity index (χ3v) is 3.76. The molecule has 0 saturated heterocycles. The van der Waals surface area contributed by atoms with Crippen LogP contribution >= 0.6 is 0 Å². The normalized spacial score (nSPS) is 37.7. The zero-order valence-electron chi connectivity index (χ0n) is 9.24. The van der Waals surface area contributed by atoms with E-state index in [9.17, 15) is 4.79 Å². The summed E-state index contributed by atoms with van der Waals surface area (Å²) in [7, 11) is 0. The van der Waals surface area contributed by atoms with Gasteiger partial charge in [0.1, 0.15) is 6.10 Å². The minimum Gasteiger partial charge on any atom is -0.459 e. The van der Waals surface area contributed by atoms with Gasteiger partial charge in [0.25, 0.3) is 0 Å². The number of fused-ring (bicyclic) bond motifs is 2. The molecule has 2 fully saturated rings. The highest BCUT2D eigenvalue weighted by Crippen LogP contribution is 2.50. The summed E-state index contributed by atoms with van der Waals surface area (Å²) >= 11 is 0. The summed E-state index contributed by atoms with van der Waals surface area (Å²) in [4.78, 5) is 11.4. The maximum atomic E-state index is 11.4. The van der Waals surface area contributed by atoms with Crippen molar-refractivity contribution in [2.24, 2.45) is 17.8 Å². The van der Waals surface area contributed by atoms with Gasteiger partial charge in [0, 0.05) is 5.57 Å². The molecule has 2 aliphatic carbocycles. The first-order valence-electron chi connectivity index (χ1n) is 5.61. The average molecular weight is 206 g/mol.